The first-order valence-electron chi connectivity index (χ1n) is 6.37. The molecule has 21 heavy (non-hydrogen) atoms. The van der Waals surface area contributed by atoms with Gasteiger partial charge in [0.2, 0.25) is 15.9 Å². The van der Waals surface area contributed by atoms with E-state index in [9.17, 15) is 13.2 Å². The Morgan fingerprint density at radius 1 is 1.33 bits per heavy atom. The van der Waals surface area contributed by atoms with E-state index in [-0.39, 0.29) is 23.9 Å². The number of likely N-dealkylation sites (N-methyl/N-ethyl adjacent to an activating group) is 2. The van der Waals surface area contributed by atoms with Crippen LogP contribution in [0.3, 0.4) is 0 Å². The molecule has 1 aromatic rings. The van der Waals surface area contributed by atoms with Crippen LogP contribution in [0.1, 0.15) is 12.5 Å². The summed E-state index contributed by atoms with van der Waals surface area (Å²) in [6.07, 6.45) is 0. The predicted molar refractivity (Wildman–Crippen MR) is 86.4 cm³/mol. The van der Waals surface area contributed by atoms with E-state index >= 15 is 0 Å². The average Bonchev–Trinajstić information content (AvgIpc) is 2.39. The van der Waals surface area contributed by atoms with Gasteiger partial charge in [-0.1, -0.05) is 6.92 Å². The zero-order valence-electron chi connectivity index (χ0n) is 12.6. The molecule has 1 rings (SSSR count). The minimum atomic E-state index is -3.76. The molecule has 0 bridgehead atoms. The maximum atomic E-state index is 12.7. The minimum absolute atomic E-state index is 0.122. The van der Waals surface area contributed by atoms with Gasteiger partial charge in [0.05, 0.1) is 11.4 Å². The highest BCUT2D eigenvalue weighted by Crippen LogP contribution is 2.28. The van der Waals surface area contributed by atoms with Crippen LogP contribution in [0.2, 0.25) is 0 Å². The monoisotopic (exact) mass is 377 g/mol. The summed E-state index contributed by atoms with van der Waals surface area (Å²) in [5.41, 5.74) is 6.69. The number of amides is 1. The number of hydrogen-bond donors (Lipinski definition) is 1. The zero-order chi connectivity index (χ0) is 16.4. The summed E-state index contributed by atoms with van der Waals surface area (Å²) in [5.74, 6) is -0.275. The summed E-state index contributed by atoms with van der Waals surface area (Å²) in [7, 11) is -0.587. The number of rotatable bonds is 5. The van der Waals surface area contributed by atoms with Crippen molar-refractivity contribution in [3.63, 3.8) is 0 Å². The van der Waals surface area contributed by atoms with E-state index in [1.54, 1.807) is 34.0 Å². The van der Waals surface area contributed by atoms with Crippen LogP contribution in [0.25, 0.3) is 0 Å². The van der Waals surface area contributed by atoms with Crippen molar-refractivity contribution in [3.05, 3.63) is 22.2 Å². The van der Waals surface area contributed by atoms with E-state index < -0.39 is 10.0 Å². The van der Waals surface area contributed by atoms with Gasteiger partial charge in [-0.3, -0.25) is 4.79 Å². The molecule has 0 heterocycles. The summed E-state index contributed by atoms with van der Waals surface area (Å²) in [5, 5.41) is 0. The van der Waals surface area contributed by atoms with Gasteiger partial charge in [0.1, 0.15) is 0 Å². The summed E-state index contributed by atoms with van der Waals surface area (Å²) in [6, 6.07) is 3.07. The Hall–Kier alpha value is -1.12. The van der Waals surface area contributed by atoms with Crippen molar-refractivity contribution in [1.82, 2.24) is 9.21 Å². The van der Waals surface area contributed by atoms with Gasteiger partial charge in [0, 0.05) is 30.8 Å². The fraction of sp³-hybridized carbons (Fsp3) is 0.462. The fourth-order valence-electron chi connectivity index (χ4n) is 1.74. The van der Waals surface area contributed by atoms with Crippen molar-refractivity contribution in [2.75, 3.05) is 32.9 Å². The lowest BCUT2D eigenvalue weighted by molar-refractivity contribution is -0.128. The van der Waals surface area contributed by atoms with Crippen LogP contribution in [0.5, 0.6) is 0 Å². The van der Waals surface area contributed by atoms with Gasteiger partial charge in [-0.05, 0) is 40.5 Å². The third-order valence-corrected chi connectivity index (χ3v) is 5.82. The van der Waals surface area contributed by atoms with Crippen molar-refractivity contribution in [1.29, 1.82) is 0 Å². The third kappa shape index (κ3) is 3.96. The number of nitrogens with two attached hydrogens (primary N) is 1. The molecule has 6 nitrogen and oxygen atoms in total. The Morgan fingerprint density at radius 3 is 2.38 bits per heavy atom. The second-order valence-electron chi connectivity index (χ2n) is 4.86. The smallest absolute Gasteiger partial charge is 0.243 e. The number of anilines is 1. The number of aryl methyl sites for hydroxylation is 1. The van der Waals surface area contributed by atoms with E-state index in [0.717, 1.165) is 4.31 Å². The molecule has 0 aliphatic rings. The quantitative estimate of drug-likeness (QED) is 0.786. The molecule has 0 atom stereocenters. The summed E-state index contributed by atoms with van der Waals surface area (Å²) >= 11 is 3.27. The number of carbonyl (C=O) groups is 1. The zero-order valence-corrected chi connectivity index (χ0v) is 15.0. The van der Waals surface area contributed by atoms with E-state index in [1.165, 1.54) is 11.0 Å². The Kier molecular flexibility index (Phi) is 5.77. The molecule has 0 fully saturated rings. The molecule has 0 aromatic heterocycles. The first-order chi connectivity index (χ1) is 9.61. The fourth-order valence-corrected chi connectivity index (χ4v) is 3.84. The molecule has 2 N–H and O–H groups in total. The number of nitrogens with zero attached hydrogens (tertiary/aromatic N) is 2. The number of hydrogen-bond acceptors (Lipinski definition) is 4. The third-order valence-electron chi connectivity index (χ3n) is 3.08. The molecular formula is C13H20BrN3O3S. The number of benzene rings is 1. The molecule has 0 aliphatic carbocycles. The Labute approximate surface area is 134 Å². The summed E-state index contributed by atoms with van der Waals surface area (Å²) < 4.78 is 27.2. The normalized spacial score (nSPS) is 11.7. The second kappa shape index (κ2) is 6.76. The lowest BCUT2D eigenvalue weighted by Gasteiger charge is -2.23. The first-order valence-corrected chi connectivity index (χ1v) is 8.60. The molecule has 1 amide bonds. The molecule has 0 saturated heterocycles. The highest BCUT2D eigenvalue weighted by Gasteiger charge is 2.27. The Morgan fingerprint density at radius 2 is 1.90 bits per heavy atom. The van der Waals surface area contributed by atoms with Crippen molar-refractivity contribution in [2.45, 2.75) is 18.7 Å². The largest absolute Gasteiger partial charge is 0.398 e. The number of halogens is 1. The van der Waals surface area contributed by atoms with Crippen molar-refractivity contribution < 1.29 is 13.2 Å². The van der Waals surface area contributed by atoms with Gasteiger partial charge >= 0.3 is 0 Å². The maximum Gasteiger partial charge on any atom is 0.243 e. The number of nitrogen functional groups attached to an aromatic ring is 1. The van der Waals surface area contributed by atoms with Crippen LogP contribution in [-0.4, -0.2) is 50.7 Å². The standard InChI is InChI=1S/C13H20BrN3O3S/c1-5-17(8-13(18)16(3)4)21(19,20)12-7-11(15)10(14)6-9(12)2/h6-7H,5,8,15H2,1-4H3. The highest BCUT2D eigenvalue weighted by atomic mass is 79.9. The summed E-state index contributed by atoms with van der Waals surface area (Å²) in [6.45, 7) is 3.40. The van der Waals surface area contributed by atoms with Gasteiger partial charge in [0.25, 0.3) is 0 Å². The Bertz CT molecular complexity index is 644. The second-order valence-corrected chi connectivity index (χ2v) is 7.62. The maximum absolute atomic E-state index is 12.7. The molecule has 0 saturated carbocycles. The minimum Gasteiger partial charge on any atom is -0.398 e. The van der Waals surface area contributed by atoms with Crippen molar-refractivity contribution in [3.8, 4) is 0 Å². The summed E-state index contributed by atoms with van der Waals surface area (Å²) in [4.78, 5) is 13.3. The van der Waals surface area contributed by atoms with E-state index in [1.807, 2.05) is 0 Å². The molecule has 0 unspecified atom stereocenters. The molecule has 0 radical (unpaired) electrons. The van der Waals surface area contributed by atoms with Gasteiger partial charge in [-0.25, -0.2) is 8.42 Å². The van der Waals surface area contributed by atoms with Crippen LogP contribution < -0.4 is 5.73 Å². The van der Waals surface area contributed by atoms with Crippen molar-refractivity contribution in [2.24, 2.45) is 0 Å². The van der Waals surface area contributed by atoms with E-state index in [2.05, 4.69) is 15.9 Å². The molecule has 0 spiro atoms. The molecule has 8 heteroatoms. The van der Waals surface area contributed by atoms with Crippen LogP contribution >= 0.6 is 15.9 Å². The Balaban J connectivity index is 3.25. The highest BCUT2D eigenvalue weighted by molar-refractivity contribution is 9.10. The lowest BCUT2D eigenvalue weighted by Crippen LogP contribution is -2.40. The lowest BCUT2D eigenvalue weighted by atomic mass is 10.2. The SMILES string of the molecule is CCN(CC(=O)N(C)C)S(=O)(=O)c1cc(N)c(Br)cc1C. The van der Waals surface area contributed by atoms with Crippen LogP contribution in [-0.2, 0) is 14.8 Å². The molecule has 1 aromatic carbocycles. The number of carbonyl (C=O) groups excluding carboxylic acids is 1. The number of sulfonamides is 1. The van der Waals surface area contributed by atoms with Crippen LogP contribution in [0, 0.1) is 6.92 Å². The van der Waals surface area contributed by atoms with Gasteiger partial charge in [-0.2, -0.15) is 4.31 Å². The average molecular weight is 378 g/mol. The van der Waals surface area contributed by atoms with Crippen LogP contribution in [0.4, 0.5) is 5.69 Å². The van der Waals surface area contributed by atoms with E-state index in [4.69, 9.17) is 5.73 Å². The molecule has 0 aliphatic heterocycles. The topological polar surface area (TPSA) is 83.7 Å². The van der Waals surface area contributed by atoms with Gasteiger partial charge in [0.15, 0.2) is 0 Å². The van der Waals surface area contributed by atoms with E-state index in [0.29, 0.717) is 15.7 Å². The van der Waals surface area contributed by atoms with Crippen LogP contribution in [0.15, 0.2) is 21.5 Å². The first kappa shape index (κ1) is 17.9. The molecular weight excluding hydrogens is 358 g/mol. The van der Waals surface area contributed by atoms with Gasteiger partial charge in [-0.15, -0.1) is 0 Å². The van der Waals surface area contributed by atoms with Gasteiger partial charge < -0.3 is 10.6 Å². The predicted octanol–water partition coefficient (Wildman–Crippen LogP) is 1.44. The molecule has 118 valence electrons. The van der Waals surface area contributed by atoms with Crippen molar-refractivity contribution >= 4 is 37.5 Å².